The fourth-order valence-corrected chi connectivity index (χ4v) is 3.67. The van der Waals surface area contributed by atoms with E-state index in [0.717, 1.165) is 37.2 Å². The first kappa shape index (κ1) is 22.2. The van der Waals surface area contributed by atoms with E-state index in [4.69, 9.17) is 4.99 Å². The lowest BCUT2D eigenvalue weighted by atomic mass is 10.0. The summed E-state index contributed by atoms with van der Waals surface area (Å²) in [6.07, 6.45) is 5.25. The molecule has 2 rings (SSSR count). The molecule has 1 unspecified atom stereocenters. The van der Waals surface area contributed by atoms with Gasteiger partial charge in [0.15, 0.2) is 5.96 Å². The number of piperidine rings is 1. The summed E-state index contributed by atoms with van der Waals surface area (Å²) in [5.41, 5.74) is 1.78. The molecule has 0 aliphatic carbocycles. The van der Waals surface area contributed by atoms with Crippen LogP contribution in [0.5, 0.6) is 0 Å². The number of likely N-dealkylation sites (tertiary alicyclic amines) is 1. The highest BCUT2D eigenvalue weighted by molar-refractivity contribution is 5.94. The SMILES string of the molecule is CCNC(=O)c1ccc(CN=C(NCC)NCCN2CCCCC2CC)cc1. The van der Waals surface area contributed by atoms with Crippen LogP contribution in [0.4, 0.5) is 0 Å². The predicted octanol–water partition coefficient (Wildman–Crippen LogP) is 2.76. The van der Waals surface area contributed by atoms with Crippen LogP contribution in [0.1, 0.15) is 62.4 Å². The molecule has 0 aromatic heterocycles. The normalized spacial score (nSPS) is 18.0. The molecule has 1 heterocycles. The van der Waals surface area contributed by atoms with E-state index in [1.54, 1.807) is 0 Å². The molecule has 28 heavy (non-hydrogen) atoms. The average Bonchev–Trinajstić information content (AvgIpc) is 2.73. The van der Waals surface area contributed by atoms with Gasteiger partial charge in [-0.15, -0.1) is 0 Å². The van der Waals surface area contributed by atoms with E-state index >= 15 is 0 Å². The van der Waals surface area contributed by atoms with Crippen LogP contribution < -0.4 is 16.0 Å². The van der Waals surface area contributed by atoms with E-state index in [-0.39, 0.29) is 5.91 Å². The third-order valence-electron chi connectivity index (χ3n) is 5.23. The van der Waals surface area contributed by atoms with Gasteiger partial charge in [0.25, 0.3) is 5.91 Å². The second-order valence-electron chi connectivity index (χ2n) is 7.27. The van der Waals surface area contributed by atoms with Crippen molar-refractivity contribution in [1.82, 2.24) is 20.9 Å². The third-order valence-corrected chi connectivity index (χ3v) is 5.23. The summed E-state index contributed by atoms with van der Waals surface area (Å²) < 4.78 is 0. The predicted molar refractivity (Wildman–Crippen MR) is 117 cm³/mol. The summed E-state index contributed by atoms with van der Waals surface area (Å²) >= 11 is 0. The average molecular weight is 388 g/mol. The van der Waals surface area contributed by atoms with E-state index < -0.39 is 0 Å². The molecule has 1 aromatic carbocycles. The number of rotatable bonds is 9. The van der Waals surface area contributed by atoms with Gasteiger partial charge in [-0.2, -0.15) is 0 Å². The van der Waals surface area contributed by atoms with E-state index in [0.29, 0.717) is 18.7 Å². The van der Waals surface area contributed by atoms with Crippen molar-refractivity contribution in [2.24, 2.45) is 4.99 Å². The van der Waals surface area contributed by atoms with Crippen LogP contribution in [-0.4, -0.2) is 55.5 Å². The lowest BCUT2D eigenvalue weighted by Gasteiger charge is -2.35. The third kappa shape index (κ3) is 7.15. The molecule has 0 saturated carbocycles. The van der Waals surface area contributed by atoms with Gasteiger partial charge in [-0.05, 0) is 57.4 Å². The molecule has 156 valence electrons. The number of carbonyl (C=O) groups is 1. The minimum absolute atomic E-state index is 0.0318. The Kier molecular flexibility index (Phi) is 9.83. The molecule has 1 amide bonds. The van der Waals surface area contributed by atoms with E-state index in [9.17, 15) is 4.79 Å². The van der Waals surface area contributed by atoms with Crippen LogP contribution in [-0.2, 0) is 6.54 Å². The van der Waals surface area contributed by atoms with Crippen molar-refractivity contribution >= 4 is 11.9 Å². The Bertz CT molecular complexity index is 614. The summed E-state index contributed by atoms with van der Waals surface area (Å²) in [4.78, 5) is 19.1. The number of hydrogen-bond acceptors (Lipinski definition) is 3. The van der Waals surface area contributed by atoms with E-state index in [2.05, 4.69) is 34.7 Å². The van der Waals surface area contributed by atoms with Crippen LogP contribution in [0.2, 0.25) is 0 Å². The topological polar surface area (TPSA) is 68.8 Å². The van der Waals surface area contributed by atoms with E-state index in [1.165, 1.54) is 32.2 Å². The minimum Gasteiger partial charge on any atom is -0.357 e. The zero-order valence-corrected chi connectivity index (χ0v) is 17.8. The van der Waals surface area contributed by atoms with Gasteiger partial charge in [-0.3, -0.25) is 9.69 Å². The van der Waals surface area contributed by atoms with Crippen molar-refractivity contribution in [3.05, 3.63) is 35.4 Å². The highest BCUT2D eigenvalue weighted by Crippen LogP contribution is 2.18. The van der Waals surface area contributed by atoms with Gasteiger partial charge in [-0.25, -0.2) is 4.99 Å². The fraction of sp³-hybridized carbons (Fsp3) is 0.636. The molecule has 1 fully saturated rings. The molecule has 6 heteroatoms. The Balaban J connectivity index is 1.85. The molecule has 1 atom stereocenters. The van der Waals surface area contributed by atoms with Gasteiger partial charge < -0.3 is 16.0 Å². The number of guanidine groups is 1. The summed E-state index contributed by atoms with van der Waals surface area (Å²) in [5, 5.41) is 9.60. The number of nitrogens with one attached hydrogen (secondary N) is 3. The summed E-state index contributed by atoms with van der Waals surface area (Å²) in [7, 11) is 0. The van der Waals surface area contributed by atoms with Crippen LogP contribution in [0.3, 0.4) is 0 Å². The number of amides is 1. The van der Waals surface area contributed by atoms with Gasteiger partial charge in [0, 0.05) is 37.8 Å². The molecule has 3 N–H and O–H groups in total. The quantitative estimate of drug-likeness (QED) is 0.450. The van der Waals surface area contributed by atoms with Crippen LogP contribution >= 0.6 is 0 Å². The molecule has 0 bridgehead atoms. The smallest absolute Gasteiger partial charge is 0.251 e. The number of carbonyl (C=O) groups excluding carboxylic acids is 1. The Hall–Kier alpha value is -2.08. The Labute approximate surface area is 170 Å². The van der Waals surface area contributed by atoms with Gasteiger partial charge in [0.2, 0.25) is 0 Å². The van der Waals surface area contributed by atoms with Gasteiger partial charge >= 0.3 is 0 Å². The van der Waals surface area contributed by atoms with Crippen LogP contribution in [0.15, 0.2) is 29.3 Å². The molecular weight excluding hydrogens is 350 g/mol. The second kappa shape index (κ2) is 12.4. The zero-order valence-electron chi connectivity index (χ0n) is 17.8. The molecule has 0 spiro atoms. The highest BCUT2D eigenvalue weighted by atomic mass is 16.1. The Morgan fingerprint density at radius 3 is 2.50 bits per heavy atom. The maximum atomic E-state index is 11.8. The molecule has 6 nitrogen and oxygen atoms in total. The molecule has 0 radical (unpaired) electrons. The van der Waals surface area contributed by atoms with Gasteiger partial charge in [0.05, 0.1) is 6.54 Å². The standard InChI is InChI=1S/C22H37N5O/c1-4-20-9-7-8-15-27(20)16-14-25-22(24-6-3)26-17-18-10-12-19(13-11-18)21(28)23-5-2/h10-13,20H,4-9,14-17H2,1-3H3,(H,23,28)(H2,24,25,26). The van der Waals surface area contributed by atoms with Crippen molar-refractivity contribution in [2.75, 3.05) is 32.7 Å². The minimum atomic E-state index is -0.0318. The van der Waals surface area contributed by atoms with Crippen molar-refractivity contribution in [3.63, 3.8) is 0 Å². The number of benzene rings is 1. The maximum absolute atomic E-state index is 11.8. The summed E-state index contributed by atoms with van der Waals surface area (Å²) in [5.74, 6) is 0.816. The first-order chi connectivity index (χ1) is 13.7. The number of nitrogens with zero attached hydrogens (tertiary/aromatic N) is 2. The summed E-state index contributed by atoms with van der Waals surface area (Å²) in [6, 6.07) is 8.39. The fourth-order valence-electron chi connectivity index (χ4n) is 3.67. The maximum Gasteiger partial charge on any atom is 0.251 e. The first-order valence-corrected chi connectivity index (χ1v) is 10.8. The van der Waals surface area contributed by atoms with Gasteiger partial charge in [-0.1, -0.05) is 25.5 Å². The largest absolute Gasteiger partial charge is 0.357 e. The van der Waals surface area contributed by atoms with Crippen molar-refractivity contribution in [3.8, 4) is 0 Å². The van der Waals surface area contributed by atoms with Crippen molar-refractivity contribution < 1.29 is 4.79 Å². The molecular formula is C22H37N5O. The molecule has 1 aliphatic rings. The number of hydrogen-bond donors (Lipinski definition) is 3. The Morgan fingerprint density at radius 2 is 1.82 bits per heavy atom. The molecule has 1 aromatic rings. The van der Waals surface area contributed by atoms with Gasteiger partial charge in [0.1, 0.15) is 0 Å². The lowest BCUT2D eigenvalue weighted by molar-refractivity contribution is 0.0956. The summed E-state index contributed by atoms with van der Waals surface area (Å²) in [6.45, 7) is 11.5. The van der Waals surface area contributed by atoms with Crippen molar-refractivity contribution in [2.45, 2.75) is 59.0 Å². The Morgan fingerprint density at radius 1 is 1.07 bits per heavy atom. The second-order valence-corrected chi connectivity index (χ2v) is 7.27. The lowest BCUT2D eigenvalue weighted by Crippen LogP contribution is -2.45. The monoisotopic (exact) mass is 387 g/mol. The first-order valence-electron chi connectivity index (χ1n) is 10.8. The number of aliphatic imine (C=N–C) groups is 1. The van der Waals surface area contributed by atoms with Crippen molar-refractivity contribution in [1.29, 1.82) is 0 Å². The molecule has 1 saturated heterocycles. The highest BCUT2D eigenvalue weighted by Gasteiger charge is 2.19. The van der Waals surface area contributed by atoms with Crippen LogP contribution in [0.25, 0.3) is 0 Å². The zero-order chi connectivity index (χ0) is 20.2. The van der Waals surface area contributed by atoms with Crippen LogP contribution in [0, 0.1) is 0 Å². The molecule has 1 aliphatic heterocycles. The van der Waals surface area contributed by atoms with E-state index in [1.807, 2.05) is 31.2 Å².